The first-order valence-electron chi connectivity index (χ1n) is 8.01. The molecule has 124 valence electrons. The first-order valence-corrected chi connectivity index (χ1v) is 8.39. The second-order valence-electron chi connectivity index (χ2n) is 5.67. The molecule has 0 saturated carbocycles. The molecule has 2 aromatic rings. The van der Waals surface area contributed by atoms with E-state index >= 15 is 0 Å². The Bertz CT molecular complexity index is 668. The highest BCUT2D eigenvalue weighted by atomic mass is 35.5. The Balaban J connectivity index is 1.74. The molecule has 1 aliphatic carbocycles. The molecule has 1 atom stereocenters. The molecule has 0 amide bonds. The van der Waals surface area contributed by atoms with Gasteiger partial charge < -0.3 is 19.2 Å². The van der Waals surface area contributed by atoms with Crippen LogP contribution < -0.4 is 14.8 Å². The zero-order chi connectivity index (χ0) is 16.2. The summed E-state index contributed by atoms with van der Waals surface area (Å²) in [6.07, 6.45) is 5.08. The van der Waals surface area contributed by atoms with E-state index < -0.39 is 0 Å². The molecular weight excluding hydrogens is 314 g/mol. The van der Waals surface area contributed by atoms with E-state index in [2.05, 4.69) is 11.4 Å². The van der Waals surface area contributed by atoms with Gasteiger partial charge in [-0.05, 0) is 43.5 Å². The van der Waals surface area contributed by atoms with Crippen molar-refractivity contribution in [2.45, 2.75) is 38.8 Å². The Morgan fingerprint density at radius 2 is 2.26 bits per heavy atom. The summed E-state index contributed by atoms with van der Waals surface area (Å²) in [5, 5.41) is 4.17. The largest absolute Gasteiger partial charge is 0.491 e. The van der Waals surface area contributed by atoms with Gasteiger partial charge in [0.25, 0.3) is 0 Å². The highest BCUT2D eigenvalue weighted by molar-refractivity contribution is 6.32. The second-order valence-corrected chi connectivity index (χ2v) is 6.07. The zero-order valence-electron chi connectivity index (χ0n) is 13.5. The molecule has 1 N–H and O–H groups in total. The first-order chi connectivity index (χ1) is 11.2. The van der Waals surface area contributed by atoms with Crippen LogP contribution in [0.1, 0.15) is 42.7 Å². The minimum absolute atomic E-state index is 0.328. The van der Waals surface area contributed by atoms with Crippen LogP contribution in [0.2, 0.25) is 5.02 Å². The number of nitrogens with one attached hydrogen (secondary N) is 1. The molecule has 3 rings (SSSR count). The summed E-state index contributed by atoms with van der Waals surface area (Å²) in [5.41, 5.74) is 2.36. The summed E-state index contributed by atoms with van der Waals surface area (Å²) in [6, 6.07) is 6.31. The third-order valence-corrected chi connectivity index (χ3v) is 4.46. The van der Waals surface area contributed by atoms with E-state index in [9.17, 15) is 0 Å². The number of hydrogen-bond acceptors (Lipinski definition) is 4. The lowest BCUT2D eigenvalue weighted by molar-refractivity contribution is 0.310. The molecule has 23 heavy (non-hydrogen) atoms. The van der Waals surface area contributed by atoms with E-state index in [0.717, 1.165) is 37.1 Å². The van der Waals surface area contributed by atoms with E-state index in [1.54, 1.807) is 13.4 Å². The lowest BCUT2D eigenvalue weighted by atomic mass is 9.93. The number of fused-ring (bicyclic) bond motifs is 1. The average Bonchev–Trinajstić information content (AvgIpc) is 3.02. The molecule has 1 aromatic heterocycles. The van der Waals surface area contributed by atoms with Gasteiger partial charge in [-0.3, -0.25) is 0 Å². The van der Waals surface area contributed by atoms with Crippen molar-refractivity contribution in [2.24, 2.45) is 0 Å². The van der Waals surface area contributed by atoms with Crippen molar-refractivity contribution in [1.82, 2.24) is 5.32 Å². The summed E-state index contributed by atoms with van der Waals surface area (Å²) in [7, 11) is 1.60. The number of ether oxygens (including phenoxy) is 2. The lowest BCUT2D eigenvalue weighted by Gasteiger charge is -2.23. The van der Waals surface area contributed by atoms with Gasteiger partial charge in [0, 0.05) is 24.6 Å². The van der Waals surface area contributed by atoms with Gasteiger partial charge in [-0.1, -0.05) is 11.6 Å². The summed E-state index contributed by atoms with van der Waals surface area (Å²) in [4.78, 5) is 0. The van der Waals surface area contributed by atoms with Gasteiger partial charge in [0.2, 0.25) is 0 Å². The maximum atomic E-state index is 6.31. The molecule has 1 heterocycles. The fourth-order valence-corrected chi connectivity index (χ4v) is 3.43. The number of benzene rings is 1. The number of hydrogen-bond donors (Lipinski definition) is 1. The van der Waals surface area contributed by atoms with Crippen LogP contribution in [0.5, 0.6) is 11.5 Å². The van der Waals surface area contributed by atoms with Crippen molar-refractivity contribution >= 4 is 11.6 Å². The molecule has 1 unspecified atom stereocenters. The third kappa shape index (κ3) is 3.48. The van der Waals surface area contributed by atoms with Crippen LogP contribution in [0.3, 0.4) is 0 Å². The highest BCUT2D eigenvalue weighted by Crippen LogP contribution is 2.37. The van der Waals surface area contributed by atoms with Crippen molar-refractivity contribution in [3.8, 4) is 11.5 Å². The molecular formula is C18H22ClNO3. The van der Waals surface area contributed by atoms with Crippen molar-refractivity contribution in [3.63, 3.8) is 0 Å². The number of halogens is 1. The van der Waals surface area contributed by atoms with E-state index in [1.807, 2.05) is 19.1 Å². The molecule has 0 fully saturated rings. The van der Waals surface area contributed by atoms with Gasteiger partial charge in [-0.25, -0.2) is 0 Å². The fraction of sp³-hybridized carbons (Fsp3) is 0.444. The minimum atomic E-state index is 0.328. The van der Waals surface area contributed by atoms with Crippen molar-refractivity contribution in [1.29, 1.82) is 0 Å². The zero-order valence-corrected chi connectivity index (χ0v) is 14.3. The SMILES string of the molecule is CCOc1cc(CNC2CCCc3occc32)cc(Cl)c1OC. The van der Waals surface area contributed by atoms with E-state index in [0.29, 0.717) is 29.2 Å². The van der Waals surface area contributed by atoms with Crippen molar-refractivity contribution < 1.29 is 13.9 Å². The van der Waals surface area contributed by atoms with Crippen molar-refractivity contribution in [2.75, 3.05) is 13.7 Å². The molecule has 0 aliphatic heterocycles. The monoisotopic (exact) mass is 335 g/mol. The maximum absolute atomic E-state index is 6.31. The van der Waals surface area contributed by atoms with E-state index in [1.165, 1.54) is 5.56 Å². The van der Waals surface area contributed by atoms with Crippen LogP contribution >= 0.6 is 11.6 Å². The van der Waals surface area contributed by atoms with E-state index in [4.69, 9.17) is 25.5 Å². The van der Waals surface area contributed by atoms with Crippen LogP contribution in [0.15, 0.2) is 28.9 Å². The van der Waals surface area contributed by atoms with Crippen LogP contribution in [0.4, 0.5) is 0 Å². The molecule has 0 spiro atoms. The van der Waals surface area contributed by atoms with Gasteiger partial charge in [0.05, 0.1) is 25.0 Å². The Hall–Kier alpha value is -1.65. The Kier molecular flexibility index (Phi) is 5.13. The predicted molar refractivity (Wildman–Crippen MR) is 90.4 cm³/mol. The number of furan rings is 1. The smallest absolute Gasteiger partial charge is 0.179 e. The quantitative estimate of drug-likeness (QED) is 0.843. The third-order valence-electron chi connectivity index (χ3n) is 4.18. The molecule has 1 aromatic carbocycles. The van der Waals surface area contributed by atoms with Gasteiger partial charge in [0.15, 0.2) is 11.5 Å². The molecule has 4 nitrogen and oxygen atoms in total. The topological polar surface area (TPSA) is 43.6 Å². The van der Waals surface area contributed by atoms with Crippen molar-refractivity contribution in [3.05, 3.63) is 46.4 Å². The fourth-order valence-electron chi connectivity index (χ4n) is 3.12. The van der Waals surface area contributed by atoms with Gasteiger partial charge >= 0.3 is 0 Å². The Morgan fingerprint density at radius 1 is 1.39 bits per heavy atom. The van der Waals surface area contributed by atoms with Gasteiger partial charge in [-0.15, -0.1) is 0 Å². The molecule has 0 saturated heterocycles. The van der Waals surface area contributed by atoms with Crippen LogP contribution in [0.25, 0.3) is 0 Å². The number of aryl methyl sites for hydroxylation is 1. The van der Waals surface area contributed by atoms with Crippen LogP contribution in [0, 0.1) is 0 Å². The lowest BCUT2D eigenvalue weighted by Crippen LogP contribution is -2.24. The Labute approximate surface area is 141 Å². The van der Waals surface area contributed by atoms with E-state index in [-0.39, 0.29) is 0 Å². The summed E-state index contributed by atoms with van der Waals surface area (Å²) in [6.45, 7) is 3.24. The minimum Gasteiger partial charge on any atom is -0.491 e. The summed E-state index contributed by atoms with van der Waals surface area (Å²) < 4.78 is 16.5. The molecule has 0 radical (unpaired) electrons. The maximum Gasteiger partial charge on any atom is 0.179 e. The molecule has 0 bridgehead atoms. The molecule has 1 aliphatic rings. The average molecular weight is 336 g/mol. The summed E-state index contributed by atoms with van der Waals surface area (Å²) >= 11 is 6.31. The van der Waals surface area contributed by atoms with Gasteiger partial charge in [0.1, 0.15) is 5.76 Å². The predicted octanol–water partition coefficient (Wildman–Crippen LogP) is 4.51. The van der Waals surface area contributed by atoms with Crippen LogP contribution in [-0.2, 0) is 13.0 Å². The second kappa shape index (κ2) is 7.28. The highest BCUT2D eigenvalue weighted by Gasteiger charge is 2.22. The molecule has 5 heteroatoms. The summed E-state index contributed by atoms with van der Waals surface area (Å²) in [5.74, 6) is 2.38. The number of methoxy groups -OCH3 is 1. The van der Waals surface area contributed by atoms with Crippen LogP contribution in [-0.4, -0.2) is 13.7 Å². The van der Waals surface area contributed by atoms with Gasteiger partial charge in [-0.2, -0.15) is 0 Å². The normalized spacial score (nSPS) is 16.9. The number of rotatable bonds is 6. The first kappa shape index (κ1) is 16.2. The standard InChI is InChI=1S/C18H22ClNO3/c1-3-22-17-10-12(9-14(19)18(17)21-2)11-20-15-5-4-6-16-13(15)7-8-23-16/h7-10,15,20H,3-6,11H2,1-2H3. The Morgan fingerprint density at radius 3 is 3.04 bits per heavy atom.